The van der Waals surface area contributed by atoms with Crippen LogP contribution in [0.3, 0.4) is 0 Å². The molecular formula is C25H39N3O3. The monoisotopic (exact) mass is 429 g/mol. The third-order valence-electron chi connectivity index (χ3n) is 5.23. The summed E-state index contributed by atoms with van der Waals surface area (Å²) < 4.78 is 5.44. The van der Waals surface area contributed by atoms with E-state index in [1.807, 2.05) is 45.7 Å². The number of nitrogens with zero attached hydrogens (tertiary/aromatic N) is 2. The minimum absolute atomic E-state index is 0.0148. The molecule has 1 N–H and O–H groups in total. The number of carbonyl (C=O) groups excluding carboxylic acids is 2. The zero-order valence-corrected chi connectivity index (χ0v) is 20.2. The molecule has 2 aliphatic heterocycles. The average Bonchev–Trinajstić information content (AvgIpc) is 3.16. The first-order valence-corrected chi connectivity index (χ1v) is 11.5. The lowest BCUT2D eigenvalue weighted by molar-refractivity contribution is -0.160. The summed E-state index contributed by atoms with van der Waals surface area (Å²) >= 11 is 0. The Balaban J connectivity index is 0.00000166. The number of hydrogen-bond acceptors (Lipinski definition) is 5. The molecule has 0 saturated carbocycles. The molecular weight excluding hydrogens is 390 g/mol. The van der Waals surface area contributed by atoms with Crippen molar-refractivity contribution in [3.63, 3.8) is 0 Å². The summed E-state index contributed by atoms with van der Waals surface area (Å²) in [4.78, 5) is 27.1. The van der Waals surface area contributed by atoms with Crippen LogP contribution < -0.4 is 5.43 Å². The van der Waals surface area contributed by atoms with E-state index in [-0.39, 0.29) is 30.5 Å². The Bertz CT molecular complexity index is 780. The van der Waals surface area contributed by atoms with Gasteiger partial charge in [0.15, 0.2) is 0 Å². The number of piperazine rings is 1. The van der Waals surface area contributed by atoms with Gasteiger partial charge in [0.25, 0.3) is 5.91 Å². The van der Waals surface area contributed by atoms with E-state index in [2.05, 4.69) is 43.5 Å². The number of amides is 1. The van der Waals surface area contributed by atoms with E-state index in [1.165, 1.54) is 5.56 Å². The lowest BCUT2D eigenvalue weighted by atomic mass is 10.0. The maximum Gasteiger partial charge on any atom is 0.326 e. The number of rotatable bonds is 6. The highest BCUT2D eigenvalue weighted by Gasteiger charge is 2.41. The Morgan fingerprint density at radius 1 is 1.19 bits per heavy atom. The van der Waals surface area contributed by atoms with E-state index in [1.54, 1.807) is 4.90 Å². The van der Waals surface area contributed by atoms with Crippen LogP contribution in [-0.4, -0.2) is 46.5 Å². The number of ether oxygens (including phenoxy) is 1. The first-order valence-electron chi connectivity index (χ1n) is 11.5. The van der Waals surface area contributed by atoms with Crippen molar-refractivity contribution in [3.05, 3.63) is 47.2 Å². The van der Waals surface area contributed by atoms with Gasteiger partial charge in [-0.1, -0.05) is 63.4 Å². The third kappa shape index (κ3) is 6.57. The highest BCUT2D eigenvalue weighted by atomic mass is 16.6. The summed E-state index contributed by atoms with van der Waals surface area (Å²) in [5.41, 5.74) is 5.91. The van der Waals surface area contributed by atoms with Crippen molar-refractivity contribution < 1.29 is 14.3 Å². The number of benzene rings is 1. The molecule has 6 nitrogen and oxygen atoms in total. The Kier molecular flexibility index (Phi) is 8.69. The number of nitrogens with one attached hydrogen (secondary N) is 1. The van der Waals surface area contributed by atoms with E-state index in [0.717, 1.165) is 24.8 Å². The van der Waals surface area contributed by atoms with E-state index < -0.39 is 5.60 Å². The Labute approximate surface area is 187 Å². The number of fused-ring (bicyclic) bond motifs is 1. The van der Waals surface area contributed by atoms with E-state index in [9.17, 15) is 9.59 Å². The molecule has 0 radical (unpaired) electrons. The standard InChI is InChI=1S/C23H33N3O3.C2H6/c1-6-7-8-18-14-25(15-21(27)29-23(3,4)5)22(28)20-13-19(24-26(18)20)17-11-9-16(2)10-12-17;1-2/h9-13,18-19,24H,6-8,14-15H2,1-5H3;1-2H3. The van der Waals surface area contributed by atoms with Gasteiger partial charge in [-0.3, -0.25) is 14.6 Å². The van der Waals surface area contributed by atoms with Crippen molar-refractivity contribution in [3.8, 4) is 0 Å². The number of aryl methyl sites for hydroxylation is 1. The molecule has 1 aromatic carbocycles. The van der Waals surface area contributed by atoms with Gasteiger partial charge in [-0.15, -0.1) is 0 Å². The van der Waals surface area contributed by atoms with Crippen molar-refractivity contribution in [1.82, 2.24) is 15.3 Å². The van der Waals surface area contributed by atoms with Crippen molar-refractivity contribution in [2.75, 3.05) is 13.1 Å². The predicted molar refractivity (Wildman–Crippen MR) is 124 cm³/mol. The van der Waals surface area contributed by atoms with Crippen LogP contribution >= 0.6 is 0 Å². The lowest BCUT2D eigenvalue weighted by Gasteiger charge is -2.41. The molecule has 0 bridgehead atoms. The fourth-order valence-corrected chi connectivity index (χ4v) is 3.82. The second-order valence-corrected chi connectivity index (χ2v) is 9.01. The third-order valence-corrected chi connectivity index (χ3v) is 5.23. The summed E-state index contributed by atoms with van der Waals surface area (Å²) in [5, 5.41) is 2.02. The second kappa shape index (κ2) is 10.8. The molecule has 2 unspecified atom stereocenters. The van der Waals surface area contributed by atoms with Gasteiger partial charge in [-0.05, 0) is 45.8 Å². The molecule has 1 aromatic rings. The summed E-state index contributed by atoms with van der Waals surface area (Å²) in [6.07, 6.45) is 5.09. The van der Waals surface area contributed by atoms with E-state index in [4.69, 9.17) is 4.74 Å². The topological polar surface area (TPSA) is 61.9 Å². The van der Waals surface area contributed by atoms with Gasteiger partial charge in [0.05, 0.1) is 12.1 Å². The molecule has 172 valence electrons. The summed E-state index contributed by atoms with van der Waals surface area (Å²) in [6.45, 7) is 14.2. The van der Waals surface area contributed by atoms with Crippen LogP contribution in [0.2, 0.25) is 0 Å². The Morgan fingerprint density at radius 2 is 1.84 bits per heavy atom. The smallest absolute Gasteiger partial charge is 0.326 e. The van der Waals surface area contributed by atoms with Crippen LogP contribution in [0, 0.1) is 6.92 Å². The van der Waals surface area contributed by atoms with Crippen LogP contribution in [0.5, 0.6) is 0 Å². The number of hydrazine groups is 1. The number of esters is 1. The highest BCUT2D eigenvalue weighted by Crippen LogP contribution is 2.32. The van der Waals surface area contributed by atoms with Gasteiger partial charge >= 0.3 is 5.97 Å². The number of carbonyl (C=O) groups is 2. The fourth-order valence-electron chi connectivity index (χ4n) is 3.82. The first kappa shape index (κ1) is 24.9. The van der Waals surface area contributed by atoms with Crippen LogP contribution in [0.25, 0.3) is 0 Å². The van der Waals surface area contributed by atoms with Gasteiger partial charge in [0, 0.05) is 6.54 Å². The summed E-state index contributed by atoms with van der Waals surface area (Å²) in [6, 6.07) is 8.44. The number of unbranched alkanes of at least 4 members (excludes halogenated alkanes) is 1. The molecule has 2 heterocycles. The molecule has 2 aliphatic rings. The quantitative estimate of drug-likeness (QED) is 0.674. The lowest BCUT2D eigenvalue weighted by Crippen LogP contribution is -2.57. The Morgan fingerprint density at radius 3 is 2.42 bits per heavy atom. The van der Waals surface area contributed by atoms with Crippen molar-refractivity contribution in [1.29, 1.82) is 0 Å². The fraction of sp³-hybridized carbons (Fsp3) is 0.600. The second-order valence-electron chi connectivity index (χ2n) is 9.01. The largest absolute Gasteiger partial charge is 0.459 e. The van der Waals surface area contributed by atoms with Crippen molar-refractivity contribution in [2.45, 2.75) is 85.4 Å². The summed E-state index contributed by atoms with van der Waals surface area (Å²) in [5.74, 6) is -0.485. The van der Waals surface area contributed by atoms with Crippen LogP contribution in [-0.2, 0) is 14.3 Å². The molecule has 6 heteroatoms. The summed E-state index contributed by atoms with van der Waals surface area (Å²) in [7, 11) is 0. The Hall–Kier alpha value is -2.34. The maximum absolute atomic E-state index is 13.1. The first-order chi connectivity index (χ1) is 14.7. The van der Waals surface area contributed by atoms with Crippen LogP contribution in [0.1, 0.15) is 78.0 Å². The normalized spacial score (nSPS) is 20.6. The molecule has 3 rings (SSSR count). The average molecular weight is 430 g/mol. The van der Waals surface area contributed by atoms with Crippen molar-refractivity contribution >= 4 is 11.9 Å². The molecule has 0 aliphatic carbocycles. The van der Waals surface area contributed by atoms with E-state index >= 15 is 0 Å². The zero-order chi connectivity index (χ0) is 23.2. The maximum atomic E-state index is 13.1. The minimum atomic E-state index is -0.561. The minimum Gasteiger partial charge on any atom is -0.459 e. The van der Waals surface area contributed by atoms with Crippen LogP contribution in [0.4, 0.5) is 0 Å². The molecule has 1 amide bonds. The molecule has 1 saturated heterocycles. The van der Waals surface area contributed by atoms with Gasteiger partial charge < -0.3 is 9.64 Å². The van der Waals surface area contributed by atoms with Crippen LogP contribution in [0.15, 0.2) is 36.0 Å². The SMILES string of the molecule is CC.CCCCC1CN(CC(=O)OC(C)(C)C)C(=O)C2=CC(c3ccc(C)cc3)NN21. The van der Waals surface area contributed by atoms with Gasteiger partial charge in [-0.25, -0.2) is 5.43 Å². The molecule has 0 spiro atoms. The molecule has 31 heavy (non-hydrogen) atoms. The predicted octanol–water partition coefficient (Wildman–Crippen LogP) is 4.51. The van der Waals surface area contributed by atoms with Gasteiger partial charge in [0.1, 0.15) is 17.8 Å². The van der Waals surface area contributed by atoms with Gasteiger partial charge in [-0.2, -0.15) is 0 Å². The highest BCUT2D eigenvalue weighted by molar-refractivity contribution is 5.96. The molecule has 0 aromatic heterocycles. The molecule has 1 fully saturated rings. The zero-order valence-electron chi connectivity index (χ0n) is 20.2. The molecule has 2 atom stereocenters. The number of hydrogen-bond donors (Lipinski definition) is 1. The van der Waals surface area contributed by atoms with Gasteiger partial charge in [0.2, 0.25) is 0 Å². The van der Waals surface area contributed by atoms with E-state index in [0.29, 0.717) is 12.2 Å². The van der Waals surface area contributed by atoms with Crippen molar-refractivity contribution in [2.24, 2.45) is 0 Å².